The van der Waals surface area contributed by atoms with Crippen LogP contribution >= 0.6 is 0 Å². The third kappa shape index (κ3) is 3.41. The first-order chi connectivity index (χ1) is 15.8. The summed E-state index contributed by atoms with van der Waals surface area (Å²) in [7, 11) is 0. The molecular formula is C30H26IrN2-2. The second-order valence-electron chi connectivity index (χ2n) is 9.22. The van der Waals surface area contributed by atoms with Crippen LogP contribution in [0.15, 0.2) is 85.2 Å². The van der Waals surface area contributed by atoms with Crippen LogP contribution in [-0.4, -0.2) is 9.97 Å². The number of hydrogen-bond donors (Lipinski definition) is 0. The summed E-state index contributed by atoms with van der Waals surface area (Å²) in [5, 5.41) is 0. The van der Waals surface area contributed by atoms with Crippen LogP contribution in [0.1, 0.15) is 49.7 Å². The minimum atomic E-state index is 0. The molecule has 0 aliphatic heterocycles. The molecule has 1 radical (unpaired) electrons. The molecule has 33 heavy (non-hydrogen) atoms. The van der Waals surface area contributed by atoms with Gasteiger partial charge in [0.05, 0.1) is 0 Å². The van der Waals surface area contributed by atoms with Crippen LogP contribution in [0.25, 0.3) is 22.5 Å². The molecule has 0 spiro atoms. The van der Waals surface area contributed by atoms with Crippen LogP contribution in [-0.2, 0) is 30.9 Å². The molecule has 0 bridgehead atoms. The van der Waals surface area contributed by atoms with E-state index in [-0.39, 0.29) is 20.1 Å². The smallest absolute Gasteiger partial charge is 0.0161 e. The normalized spacial score (nSPS) is 23.6. The number of hydrogen-bond acceptors (Lipinski definition) is 2. The third-order valence-electron chi connectivity index (χ3n) is 7.93. The van der Waals surface area contributed by atoms with Crippen molar-refractivity contribution in [3.63, 3.8) is 0 Å². The van der Waals surface area contributed by atoms with Gasteiger partial charge in [-0.3, -0.25) is 0 Å². The Bertz CT molecular complexity index is 1140. The molecule has 2 unspecified atom stereocenters. The van der Waals surface area contributed by atoms with E-state index in [4.69, 9.17) is 4.98 Å². The fourth-order valence-electron chi connectivity index (χ4n) is 6.46. The molecule has 3 aliphatic rings. The van der Waals surface area contributed by atoms with Crippen LogP contribution in [0.4, 0.5) is 0 Å². The van der Waals surface area contributed by atoms with E-state index in [9.17, 15) is 0 Å². The van der Waals surface area contributed by atoms with Crippen molar-refractivity contribution in [3.05, 3.63) is 108 Å². The Morgan fingerprint density at radius 1 is 0.636 bits per heavy atom. The van der Waals surface area contributed by atoms with Crippen molar-refractivity contribution >= 4 is 0 Å². The Hall–Kier alpha value is -2.61. The predicted molar refractivity (Wildman–Crippen MR) is 128 cm³/mol. The van der Waals surface area contributed by atoms with Gasteiger partial charge >= 0.3 is 0 Å². The number of rotatable bonds is 1. The number of benzene rings is 2. The second-order valence-corrected chi connectivity index (χ2v) is 9.22. The second kappa shape index (κ2) is 8.97. The van der Waals surface area contributed by atoms with Crippen LogP contribution in [0.3, 0.4) is 0 Å². The molecule has 3 aliphatic carbocycles. The minimum Gasteiger partial charge on any atom is -0.305 e. The topological polar surface area (TPSA) is 25.8 Å². The molecule has 0 saturated heterocycles. The molecule has 0 amide bonds. The van der Waals surface area contributed by atoms with Crippen LogP contribution < -0.4 is 0 Å². The maximum atomic E-state index is 4.73. The summed E-state index contributed by atoms with van der Waals surface area (Å²) < 4.78 is 0. The van der Waals surface area contributed by atoms with Crippen molar-refractivity contribution in [1.82, 2.24) is 9.97 Å². The molecule has 2 fully saturated rings. The van der Waals surface area contributed by atoms with Gasteiger partial charge in [0.15, 0.2) is 0 Å². The maximum absolute atomic E-state index is 4.73. The number of aromatic nitrogens is 2. The van der Waals surface area contributed by atoms with E-state index in [0.717, 1.165) is 11.3 Å². The first kappa shape index (κ1) is 22.2. The molecule has 2 saturated carbocycles. The molecular weight excluding hydrogens is 581 g/mol. The van der Waals surface area contributed by atoms with E-state index in [1.165, 1.54) is 60.9 Å². The van der Waals surface area contributed by atoms with Gasteiger partial charge in [-0.2, -0.15) is 0 Å². The summed E-state index contributed by atoms with van der Waals surface area (Å²) in [6.45, 7) is 0. The minimum absolute atomic E-state index is 0. The molecule has 2 nitrogen and oxygen atoms in total. The van der Waals surface area contributed by atoms with Gasteiger partial charge in [-0.1, -0.05) is 43.0 Å². The Balaban J connectivity index is 0.000000152. The summed E-state index contributed by atoms with van der Waals surface area (Å²) in [5.74, 6) is 0. The van der Waals surface area contributed by atoms with Crippen LogP contribution in [0.2, 0.25) is 0 Å². The van der Waals surface area contributed by atoms with Crippen LogP contribution in [0.5, 0.6) is 0 Å². The third-order valence-corrected chi connectivity index (χ3v) is 7.93. The molecule has 2 atom stereocenters. The molecule has 3 heteroatoms. The van der Waals surface area contributed by atoms with E-state index >= 15 is 0 Å². The zero-order chi connectivity index (χ0) is 21.4. The molecule has 0 N–H and O–H groups in total. The van der Waals surface area contributed by atoms with Crippen molar-refractivity contribution < 1.29 is 20.1 Å². The van der Waals surface area contributed by atoms with Gasteiger partial charge in [-0.15, -0.1) is 71.3 Å². The van der Waals surface area contributed by atoms with Gasteiger partial charge in [0.25, 0.3) is 0 Å². The summed E-state index contributed by atoms with van der Waals surface area (Å²) in [4.78, 5) is 8.95. The van der Waals surface area contributed by atoms with E-state index in [1.807, 2.05) is 54.7 Å². The average molecular weight is 607 g/mol. The fourth-order valence-corrected chi connectivity index (χ4v) is 6.46. The number of fused-ring (bicyclic) bond motifs is 3. The summed E-state index contributed by atoms with van der Waals surface area (Å²) >= 11 is 0. The van der Waals surface area contributed by atoms with E-state index in [2.05, 4.69) is 41.4 Å². The van der Waals surface area contributed by atoms with Gasteiger partial charge in [-0.25, -0.2) is 0 Å². The number of pyridine rings is 2. The monoisotopic (exact) mass is 607 g/mol. The van der Waals surface area contributed by atoms with Crippen LogP contribution in [0, 0.1) is 12.1 Å². The quantitative estimate of drug-likeness (QED) is 0.219. The molecule has 7 rings (SSSR count). The van der Waals surface area contributed by atoms with Crippen molar-refractivity contribution in [3.8, 4) is 22.5 Å². The fraction of sp³-hybridized carbons (Fsp3) is 0.267. The standard InChI is InChI=1S/C19H18N.C11H8N.Ir/c1-2-7-15-14(6-1)17-16(8-5-13-20-17)19-10-4-3-9-18(15,19)11-12-19;1-2-6-10(7-3-1)11-8-4-5-9-12-11;/h1-2,5,7-8,13H,3-4,9-12H2;1-6,8-9H;/q2*-1;. The zero-order valence-electron chi connectivity index (χ0n) is 18.6. The first-order valence-corrected chi connectivity index (χ1v) is 11.7. The van der Waals surface area contributed by atoms with Gasteiger partial charge in [0.1, 0.15) is 0 Å². The Morgan fingerprint density at radius 3 is 2.09 bits per heavy atom. The summed E-state index contributed by atoms with van der Waals surface area (Å²) in [5.41, 5.74) is 8.33. The number of nitrogens with zero attached hydrogens (tertiary/aromatic N) is 2. The molecule has 2 aromatic heterocycles. The Morgan fingerprint density at radius 2 is 1.36 bits per heavy atom. The molecule has 4 aromatic rings. The Labute approximate surface area is 209 Å². The predicted octanol–water partition coefficient (Wildman–Crippen LogP) is 6.95. The summed E-state index contributed by atoms with van der Waals surface area (Å²) in [6.07, 6.45) is 11.9. The SMILES string of the molecule is [Ir].[c-]1cccc2c1-c1ncccc1C13CCCCC21CC3.[c-]1ccccc1-c1ccccn1. The summed E-state index contributed by atoms with van der Waals surface area (Å²) in [6, 6.07) is 31.3. The average Bonchev–Trinajstić information content (AvgIpc) is 2.87. The van der Waals surface area contributed by atoms with Gasteiger partial charge in [0, 0.05) is 32.5 Å². The van der Waals surface area contributed by atoms with Crippen molar-refractivity contribution in [2.45, 2.75) is 49.4 Å². The van der Waals surface area contributed by atoms with E-state index in [1.54, 1.807) is 6.20 Å². The first-order valence-electron chi connectivity index (χ1n) is 11.7. The Kier molecular flexibility index (Phi) is 6.03. The van der Waals surface area contributed by atoms with Crippen molar-refractivity contribution in [2.75, 3.05) is 0 Å². The van der Waals surface area contributed by atoms with Crippen molar-refractivity contribution in [2.24, 2.45) is 0 Å². The van der Waals surface area contributed by atoms with Crippen molar-refractivity contribution in [1.29, 1.82) is 0 Å². The maximum Gasteiger partial charge on any atom is 0.0161 e. The zero-order valence-corrected chi connectivity index (χ0v) is 20.9. The van der Waals surface area contributed by atoms with E-state index < -0.39 is 0 Å². The molecule has 2 aromatic carbocycles. The molecule has 167 valence electrons. The molecule has 2 heterocycles. The van der Waals surface area contributed by atoms with Gasteiger partial charge < -0.3 is 9.97 Å². The largest absolute Gasteiger partial charge is 0.305 e. The van der Waals surface area contributed by atoms with Gasteiger partial charge in [-0.05, 0) is 53.6 Å². The van der Waals surface area contributed by atoms with Gasteiger partial charge in [0.2, 0.25) is 0 Å². The van der Waals surface area contributed by atoms with E-state index in [0.29, 0.717) is 10.8 Å².